The third kappa shape index (κ3) is 5.10. The number of ether oxygens (including phenoxy) is 2. The fourth-order valence-corrected chi connectivity index (χ4v) is 8.97. The maximum atomic E-state index is 14.7. The molecule has 1 aromatic carbocycles. The average Bonchev–Trinajstić information content (AvgIpc) is 3.78. The molecule has 12 heteroatoms. The van der Waals surface area contributed by atoms with E-state index in [1.165, 1.54) is 17.6 Å². The van der Waals surface area contributed by atoms with Crippen molar-refractivity contribution in [1.29, 1.82) is 0 Å². The number of methoxy groups -OCH3 is 1. The van der Waals surface area contributed by atoms with E-state index in [0.29, 0.717) is 57.2 Å². The highest BCUT2D eigenvalue weighted by molar-refractivity contribution is 7.22. The van der Waals surface area contributed by atoms with Crippen molar-refractivity contribution in [1.82, 2.24) is 19.0 Å². The Labute approximate surface area is 270 Å². The molecule has 1 amide bonds. The molecule has 1 aliphatic heterocycles. The number of hydrogen-bond acceptors (Lipinski definition) is 9. The maximum Gasteiger partial charge on any atom is 0.333 e. The normalized spacial score (nSPS) is 23.5. The third-order valence-electron chi connectivity index (χ3n) is 10.2. The number of carbonyl (C=O) groups excluding carboxylic acids is 1. The Morgan fingerprint density at radius 2 is 1.87 bits per heavy atom. The van der Waals surface area contributed by atoms with Crippen molar-refractivity contribution < 1.29 is 23.8 Å². The summed E-state index contributed by atoms with van der Waals surface area (Å²) in [6.45, 7) is 6.39. The van der Waals surface area contributed by atoms with E-state index in [4.69, 9.17) is 13.9 Å². The van der Waals surface area contributed by atoms with Crippen LogP contribution in [0.3, 0.4) is 0 Å². The highest BCUT2D eigenvalue weighted by atomic mass is 32.1. The second-order valence-electron chi connectivity index (χ2n) is 13.4. The summed E-state index contributed by atoms with van der Waals surface area (Å²) in [7, 11) is 1.61. The molecule has 46 heavy (non-hydrogen) atoms. The van der Waals surface area contributed by atoms with Gasteiger partial charge in [-0.1, -0.05) is 18.2 Å². The number of aliphatic hydroxyl groups excluding tert-OH is 1. The van der Waals surface area contributed by atoms with Gasteiger partial charge in [-0.05, 0) is 76.3 Å². The van der Waals surface area contributed by atoms with Crippen molar-refractivity contribution in [2.45, 2.75) is 83.3 Å². The van der Waals surface area contributed by atoms with Gasteiger partial charge in [-0.2, -0.15) is 0 Å². The van der Waals surface area contributed by atoms with E-state index in [2.05, 4.69) is 4.98 Å². The van der Waals surface area contributed by atoms with Crippen molar-refractivity contribution in [3.8, 4) is 16.5 Å². The molecule has 1 N–H and O–H groups in total. The Morgan fingerprint density at radius 3 is 2.50 bits per heavy atom. The molecule has 7 rings (SSSR count). The van der Waals surface area contributed by atoms with Gasteiger partial charge in [0.15, 0.2) is 0 Å². The molecule has 1 unspecified atom stereocenters. The number of hydrogen-bond donors (Lipinski definition) is 1. The lowest BCUT2D eigenvalue weighted by molar-refractivity contribution is -0.143. The zero-order valence-electron chi connectivity index (χ0n) is 26.6. The molecule has 5 atom stereocenters. The number of likely N-dealkylation sites (tertiary alicyclic amines) is 1. The fourth-order valence-electron chi connectivity index (χ4n) is 7.73. The molecular weight excluding hydrogens is 608 g/mol. The van der Waals surface area contributed by atoms with Crippen molar-refractivity contribution >= 4 is 27.5 Å². The second kappa shape index (κ2) is 11.8. The lowest BCUT2D eigenvalue weighted by atomic mass is 10.00. The van der Waals surface area contributed by atoms with E-state index < -0.39 is 22.9 Å². The van der Waals surface area contributed by atoms with Crippen LogP contribution in [0.5, 0.6) is 5.75 Å². The molecule has 2 aliphatic carbocycles. The number of aliphatic hydroxyl groups is 1. The molecule has 4 heterocycles. The summed E-state index contributed by atoms with van der Waals surface area (Å²) in [6, 6.07) is 7.62. The molecule has 3 aromatic heterocycles. The first-order chi connectivity index (χ1) is 22.1. The van der Waals surface area contributed by atoms with Crippen LogP contribution in [0.4, 0.5) is 0 Å². The summed E-state index contributed by atoms with van der Waals surface area (Å²) < 4.78 is 21.0. The Bertz CT molecular complexity index is 1870. The van der Waals surface area contributed by atoms with Gasteiger partial charge in [0.05, 0.1) is 42.3 Å². The number of thiophene rings is 1. The monoisotopic (exact) mass is 648 g/mol. The van der Waals surface area contributed by atoms with Gasteiger partial charge in [0.25, 0.3) is 5.56 Å². The highest BCUT2D eigenvalue weighted by Gasteiger charge is 2.43. The summed E-state index contributed by atoms with van der Waals surface area (Å²) in [5.74, 6) is 1.55. The minimum atomic E-state index is -1.42. The molecule has 2 saturated carbocycles. The molecular formula is C34H40N4O7S. The molecule has 0 spiro atoms. The Hall–Kier alpha value is -3.74. The molecule has 0 bridgehead atoms. The molecule has 4 aromatic rings. The second-order valence-corrected chi connectivity index (χ2v) is 14.4. The first-order valence-corrected chi connectivity index (χ1v) is 16.8. The SMILES string of the molecule is COc1ccccc1C(Cn1c(=O)n(C(C)(C)C(=O)N2CCC2)c(=O)c2c(C)c(-c3ncco3)sc21)O[C@H]1C[C@H]2C[C@@H](O)C[C@H]2C1. The van der Waals surface area contributed by atoms with Crippen LogP contribution in [-0.2, 0) is 21.6 Å². The third-order valence-corrected chi connectivity index (χ3v) is 11.5. The van der Waals surface area contributed by atoms with Crippen LogP contribution >= 0.6 is 11.3 Å². The van der Waals surface area contributed by atoms with Gasteiger partial charge in [0.2, 0.25) is 11.8 Å². The highest BCUT2D eigenvalue weighted by Crippen LogP contribution is 2.47. The minimum Gasteiger partial charge on any atom is -0.496 e. The van der Waals surface area contributed by atoms with Crippen LogP contribution < -0.4 is 16.0 Å². The molecule has 3 fully saturated rings. The van der Waals surface area contributed by atoms with E-state index in [-0.39, 0.29) is 24.7 Å². The van der Waals surface area contributed by atoms with E-state index in [1.54, 1.807) is 36.6 Å². The number of rotatable bonds is 9. The predicted molar refractivity (Wildman–Crippen MR) is 173 cm³/mol. The molecule has 3 aliphatic rings. The largest absolute Gasteiger partial charge is 0.496 e. The number of nitrogens with zero attached hydrogens (tertiary/aromatic N) is 4. The van der Waals surface area contributed by atoms with Crippen LogP contribution in [0.2, 0.25) is 0 Å². The summed E-state index contributed by atoms with van der Waals surface area (Å²) in [4.78, 5) is 49.8. The smallest absolute Gasteiger partial charge is 0.333 e. The predicted octanol–water partition coefficient (Wildman–Crippen LogP) is 4.47. The van der Waals surface area contributed by atoms with Gasteiger partial charge in [-0.15, -0.1) is 11.3 Å². The van der Waals surface area contributed by atoms with Crippen LogP contribution in [-0.4, -0.2) is 62.4 Å². The van der Waals surface area contributed by atoms with Crippen molar-refractivity contribution in [2.75, 3.05) is 20.2 Å². The van der Waals surface area contributed by atoms with Gasteiger partial charge in [0.1, 0.15) is 28.5 Å². The number of aryl methyl sites for hydroxylation is 1. The standard InChI is InChI=1S/C34H40N4O7S/c1-19-27-30(40)38(34(2,3)32(41)36-11-7-12-36)33(42)37(31(27)46-28(19)29-35-10-13-44-29)18-26(24-8-5-6-9-25(24)43-4)45-23-16-20-14-22(39)15-21(20)17-23/h5-6,8-10,13,20-23,26,39H,7,11-12,14-18H2,1-4H3/t20-,21+,22-,23+,26?. The number of benzene rings is 1. The Morgan fingerprint density at radius 1 is 1.15 bits per heavy atom. The minimum absolute atomic E-state index is 0.0631. The van der Waals surface area contributed by atoms with Gasteiger partial charge >= 0.3 is 5.69 Å². The number of fused-ring (bicyclic) bond motifs is 2. The van der Waals surface area contributed by atoms with Crippen molar-refractivity contribution in [2.24, 2.45) is 11.8 Å². The molecule has 0 radical (unpaired) electrons. The van der Waals surface area contributed by atoms with Crippen molar-refractivity contribution in [3.05, 3.63) is 68.7 Å². The van der Waals surface area contributed by atoms with Crippen LogP contribution in [0.15, 0.2) is 50.7 Å². The summed E-state index contributed by atoms with van der Waals surface area (Å²) in [5.41, 5.74) is -1.09. The Balaban J connectivity index is 1.39. The summed E-state index contributed by atoms with van der Waals surface area (Å²) >= 11 is 1.27. The summed E-state index contributed by atoms with van der Waals surface area (Å²) in [5, 5.41) is 10.6. The lowest BCUT2D eigenvalue weighted by Crippen LogP contribution is -2.59. The van der Waals surface area contributed by atoms with E-state index in [1.807, 2.05) is 31.2 Å². The van der Waals surface area contributed by atoms with Crippen LogP contribution in [0.25, 0.3) is 21.0 Å². The number of aromatic nitrogens is 3. The zero-order chi connectivity index (χ0) is 32.3. The number of carbonyl (C=O) groups is 1. The first-order valence-electron chi connectivity index (χ1n) is 16.0. The first kappa shape index (κ1) is 30.9. The van der Waals surface area contributed by atoms with E-state index in [0.717, 1.165) is 42.2 Å². The van der Waals surface area contributed by atoms with Crippen LogP contribution in [0.1, 0.15) is 63.2 Å². The lowest BCUT2D eigenvalue weighted by Gasteiger charge is -2.38. The van der Waals surface area contributed by atoms with E-state index in [9.17, 15) is 19.5 Å². The van der Waals surface area contributed by atoms with E-state index >= 15 is 0 Å². The topological polar surface area (TPSA) is 129 Å². The zero-order valence-corrected chi connectivity index (χ0v) is 27.4. The van der Waals surface area contributed by atoms with Gasteiger partial charge in [-0.3, -0.25) is 14.2 Å². The van der Waals surface area contributed by atoms with Crippen LogP contribution in [0, 0.1) is 18.8 Å². The van der Waals surface area contributed by atoms with Crippen molar-refractivity contribution in [3.63, 3.8) is 0 Å². The fraction of sp³-hybridized carbons (Fsp3) is 0.529. The number of amides is 1. The number of oxazole rings is 1. The quantitative estimate of drug-likeness (QED) is 0.282. The molecule has 1 saturated heterocycles. The van der Waals surface area contributed by atoms with Gasteiger partial charge < -0.3 is 23.9 Å². The van der Waals surface area contributed by atoms with Gasteiger partial charge in [-0.25, -0.2) is 14.3 Å². The summed E-state index contributed by atoms with van der Waals surface area (Å²) in [6.07, 6.45) is 6.23. The molecule has 244 valence electrons. The number of para-hydroxylation sites is 1. The van der Waals surface area contributed by atoms with Gasteiger partial charge in [0, 0.05) is 18.7 Å². The average molecular weight is 649 g/mol. The Kier molecular flexibility index (Phi) is 7.93. The maximum absolute atomic E-state index is 14.7. The molecule has 11 nitrogen and oxygen atoms in total.